The Morgan fingerprint density at radius 2 is 1.94 bits per heavy atom. The molecule has 3 amide bonds. The Labute approximate surface area is 214 Å². The van der Waals surface area contributed by atoms with Crippen molar-refractivity contribution in [2.45, 2.75) is 73.1 Å². The molecule has 194 valence electrons. The van der Waals surface area contributed by atoms with Gasteiger partial charge in [-0.2, -0.15) is 18.4 Å². The number of nitrogens with one attached hydrogen (secondary N) is 3. The molecule has 13 heteroatoms. The normalized spacial score (nSPS) is 27.9. The van der Waals surface area contributed by atoms with Gasteiger partial charge in [-0.05, 0) is 62.5 Å². The standard InChI is InChI=1S/C23H24Cl2F3N5O3/c24-22(25)9-20(10-22)7-15(33(11-20)19(36)14-1-2-16(31-14)23(26,27)28)18(35)30-13(8-29)5-12-6-21(3-4-21)32-17(12)34/h1-2,12-13,15,31H,3-7,9-11H2,(H,30,35)(H,32,34)/t12-,13+,15+/m1/s1. The fourth-order valence-electron chi connectivity index (χ4n) is 5.99. The van der Waals surface area contributed by atoms with Gasteiger partial charge in [-0.3, -0.25) is 14.4 Å². The fraction of sp³-hybridized carbons (Fsp3) is 0.652. The van der Waals surface area contributed by atoms with E-state index in [4.69, 9.17) is 23.2 Å². The molecule has 2 aliphatic heterocycles. The van der Waals surface area contributed by atoms with E-state index in [9.17, 15) is 32.8 Å². The first-order chi connectivity index (χ1) is 16.7. The van der Waals surface area contributed by atoms with Crippen molar-refractivity contribution in [3.05, 3.63) is 23.5 Å². The van der Waals surface area contributed by atoms with Crippen LogP contribution in [0.2, 0.25) is 0 Å². The van der Waals surface area contributed by atoms with Gasteiger partial charge in [-0.15, -0.1) is 23.2 Å². The minimum Gasteiger partial charge on any atom is -0.350 e. The summed E-state index contributed by atoms with van der Waals surface area (Å²) < 4.78 is 38.1. The van der Waals surface area contributed by atoms with Crippen molar-refractivity contribution < 1.29 is 27.6 Å². The van der Waals surface area contributed by atoms with E-state index in [-0.39, 0.29) is 36.5 Å². The number of alkyl halides is 5. The quantitative estimate of drug-likeness (QED) is 0.492. The van der Waals surface area contributed by atoms with Crippen LogP contribution in [0.3, 0.4) is 0 Å². The maximum absolute atomic E-state index is 13.3. The zero-order valence-corrected chi connectivity index (χ0v) is 20.6. The highest BCUT2D eigenvalue weighted by Gasteiger charge is 2.60. The average Bonchev–Trinajstić information content (AvgIpc) is 3.12. The van der Waals surface area contributed by atoms with Crippen LogP contribution < -0.4 is 10.6 Å². The lowest BCUT2D eigenvalue weighted by atomic mass is 9.66. The predicted octanol–water partition coefficient (Wildman–Crippen LogP) is 3.27. The molecule has 0 radical (unpaired) electrons. The second-order valence-corrected chi connectivity index (χ2v) is 12.4. The summed E-state index contributed by atoms with van der Waals surface area (Å²) in [7, 11) is 0. The maximum Gasteiger partial charge on any atom is 0.431 e. The molecular weight excluding hydrogens is 522 g/mol. The van der Waals surface area contributed by atoms with E-state index >= 15 is 0 Å². The zero-order chi connectivity index (χ0) is 26.1. The van der Waals surface area contributed by atoms with Crippen molar-refractivity contribution in [2.75, 3.05) is 6.54 Å². The lowest BCUT2D eigenvalue weighted by Gasteiger charge is -2.47. The van der Waals surface area contributed by atoms with Crippen LogP contribution in [0.15, 0.2) is 12.1 Å². The number of H-pyrrole nitrogens is 1. The second kappa shape index (κ2) is 8.28. The van der Waals surface area contributed by atoms with Crippen LogP contribution in [0, 0.1) is 22.7 Å². The van der Waals surface area contributed by atoms with E-state index in [2.05, 4.69) is 15.6 Å². The van der Waals surface area contributed by atoms with E-state index < -0.39 is 51.4 Å². The van der Waals surface area contributed by atoms with Gasteiger partial charge in [0.2, 0.25) is 11.8 Å². The number of carbonyl (C=O) groups is 3. The van der Waals surface area contributed by atoms with E-state index in [0.29, 0.717) is 19.3 Å². The van der Waals surface area contributed by atoms with Crippen molar-refractivity contribution in [1.82, 2.24) is 20.5 Å². The molecule has 2 aliphatic carbocycles. The molecule has 8 nitrogen and oxygen atoms in total. The van der Waals surface area contributed by atoms with Gasteiger partial charge in [0.25, 0.3) is 5.91 Å². The van der Waals surface area contributed by atoms with Crippen molar-refractivity contribution in [3.63, 3.8) is 0 Å². The van der Waals surface area contributed by atoms with Crippen LogP contribution in [0.5, 0.6) is 0 Å². The Bertz CT molecular complexity index is 1150. The summed E-state index contributed by atoms with van der Waals surface area (Å²) in [5.74, 6) is -1.90. The van der Waals surface area contributed by atoms with Gasteiger partial charge in [-0.1, -0.05) is 0 Å². The molecule has 4 fully saturated rings. The summed E-state index contributed by atoms with van der Waals surface area (Å²) >= 11 is 12.4. The van der Waals surface area contributed by atoms with E-state index in [1.807, 2.05) is 6.07 Å². The van der Waals surface area contributed by atoms with Gasteiger partial charge in [0.15, 0.2) is 0 Å². The number of likely N-dealkylation sites (tertiary alicyclic amines) is 1. The number of amides is 3. The van der Waals surface area contributed by atoms with Crippen molar-refractivity contribution >= 4 is 40.9 Å². The van der Waals surface area contributed by atoms with Crippen LogP contribution in [0.1, 0.15) is 61.1 Å². The molecule has 3 N–H and O–H groups in total. The van der Waals surface area contributed by atoms with Crippen molar-refractivity contribution in [3.8, 4) is 6.07 Å². The molecule has 0 aromatic carbocycles. The summed E-state index contributed by atoms with van der Waals surface area (Å²) in [6.45, 7) is 0.0935. The molecule has 3 heterocycles. The average molecular weight is 546 g/mol. The molecule has 2 spiro atoms. The molecule has 0 bridgehead atoms. The fourth-order valence-corrected chi connectivity index (χ4v) is 7.12. The number of hydrogen-bond acceptors (Lipinski definition) is 4. The van der Waals surface area contributed by atoms with Crippen LogP contribution in [-0.4, -0.2) is 56.1 Å². The largest absolute Gasteiger partial charge is 0.431 e. The molecule has 1 aromatic heterocycles. The first-order valence-corrected chi connectivity index (χ1v) is 12.5. The third-order valence-electron chi connectivity index (χ3n) is 7.80. The van der Waals surface area contributed by atoms with Crippen LogP contribution in [0.4, 0.5) is 13.2 Å². The Morgan fingerprint density at radius 1 is 1.25 bits per heavy atom. The lowest BCUT2D eigenvalue weighted by Crippen LogP contribution is -2.49. The van der Waals surface area contributed by atoms with Crippen LogP contribution in [0.25, 0.3) is 0 Å². The summed E-state index contributed by atoms with van der Waals surface area (Å²) in [5.41, 5.74) is -2.09. The Hall–Kier alpha value is -2.45. The van der Waals surface area contributed by atoms with Gasteiger partial charge in [0.05, 0.1) is 6.07 Å². The molecule has 3 atom stereocenters. The topological polar surface area (TPSA) is 118 Å². The first-order valence-electron chi connectivity index (χ1n) is 11.7. The molecular formula is C23H24Cl2F3N5O3. The van der Waals surface area contributed by atoms with Gasteiger partial charge in [0, 0.05) is 18.0 Å². The van der Waals surface area contributed by atoms with E-state index in [1.165, 1.54) is 4.90 Å². The highest BCUT2D eigenvalue weighted by atomic mass is 35.5. The number of hydrogen-bond donors (Lipinski definition) is 3. The number of aromatic nitrogens is 1. The smallest absolute Gasteiger partial charge is 0.350 e. The highest BCUT2D eigenvalue weighted by Crippen LogP contribution is 2.60. The SMILES string of the molecule is N#C[C@H](C[C@@H]1CC2(CC2)NC1=O)NC(=O)[C@@H]1CC2(CN1C(=O)c1ccc(C(F)(F)F)[nH]1)CC(Cl)(Cl)C2. The zero-order valence-electron chi connectivity index (χ0n) is 19.1. The number of carbonyl (C=O) groups excluding carboxylic acids is 3. The maximum atomic E-state index is 13.3. The number of nitriles is 1. The monoisotopic (exact) mass is 545 g/mol. The van der Waals surface area contributed by atoms with E-state index in [0.717, 1.165) is 25.0 Å². The first kappa shape index (κ1) is 25.2. The number of aromatic amines is 1. The lowest BCUT2D eigenvalue weighted by molar-refractivity contribution is -0.140. The van der Waals surface area contributed by atoms with Gasteiger partial charge >= 0.3 is 6.18 Å². The molecule has 4 aliphatic rings. The minimum absolute atomic E-state index is 0.0935. The summed E-state index contributed by atoms with van der Waals surface area (Å²) in [4.78, 5) is 42.1. The number of rotatable bonds is 5. The molecule has 2 saturated heterocycles. The van der Waals surface area contributed by atoms with Gasteiger partial charge < -0.3 is 20.5 Å². The highest BCUT2D eigenvalue weighted by molar-refractivity contribution is 6.49. The minimum atomic E-state index is -4.65. The second-order valence-electron chi connectivity index (χ2n) is 10.7. The Morgan fingerprint density at radius 3 is 2.47 bits per heavy atom. The summed E-state index contributed by atoms with van der Waals surface area (Å²) in [6, 6.07) is 1.84. The molecule has 2 saturated carbocycles. The molecule has 5 rings (SSSR count). The Kier molecular flexibility index (Phi) is 5.80. The summed E-state index contributed by atoms with van der Waals surface area (Å²) in [5, 5.41) is 15.2. The van der Waals surface area contributed by atoms with Crippen LogP contribution in [-0.2, 0) is 15.8 Å². The van der Waals surface area contributed by atoms with Gasteiger partial charge in [-0.25, -0.2) is 0 Å². The van der Waals surface area contributed by atoms with Crippen molar-refractivity contribution in [1.29, 1.82) is 5.26 Å². The summed E-state index contributed by atoms with van der Waals surface area (Å²) in [6.07, 6.45) is -1.25. The number of halogens is 5. The van der Waals surface area contributed by atoms with Gasteiger partial charge in [0.1, 0.15) is 27.8 Å². The molecule has 1 aromatic rings. The van der Waals surface area contributed by atoms with Crippen molar-refractivity contribution in [2.24, 2.45) is 11.3 Å². The third kappa shape index (κ3) is 4.65. The molecule has 0 unspecified atom stereocenters. The Balaban J connectivity index is 1.31. The third-order valence-corrected chi connectivity index (χ3v) is 8.34. The predicted molar refractivity (Wildman–Crippen MR) is 122 cm³/mol. The molecule has 36 heavy (non-hydrogen) atoms. The van der Waals surface area contributed by atoms with Crippen LogP contribution >= 0.6 is 23.2 Å². The van der Waals surface area contributed by atoms with E-state index in [1.54, 1.807) is 0 Å². The number of nitrogens with zero attached hydrogens (tertiary/aromatic N) is 2.